The molecule has 0 spiro atoms. The summed E-state index contributed by atoms with van der Waals surface area (Å²) in [5.74, 6) is 2.01. The molecule has 0 atom stereocenters. The molecule has 0 saturated heterocycles. The van der Waals surface area contributed by atoms with Crippen molar-refractivity contribution in [3.63, 3.8) is 0 Å². The van der Waals surface area contributed by atoms with Crippen LogP contribution in [-0.4, -0.2) is 32.7 Å². The van der Waals surface area contributed by atoms with Gasteiger partial charge in [0.1, 0.15) is 16.7 Å². The molecule has 8 heteroatoms. The largest absolute Gasteiger partial charge is 0.497 e. The van der Waals surface area contributed by atoms with Gasteiger partial charge in [-0.15, -0.1) is 5.10 Å². The highest BCUT2D eigenvalue weighted by molar-refractivity contribution is 6.29. The fourth-order valence-electron chi connectivity index (χ4n) is 1.94. The van der Waals surface area contributed by atoms with Crippen LogP contribution in [0.4, 0.5) is 5.82 Å². The van der Waals surface area contributed by atoms with Gasteiger partial charge in [-0.1, -0.05) is 23.7 Å². The molecular formula is C14H13ClN6O. The van der Waals surface area contributed by atoms with E-state index in [-0.39, 0.29) is 0 Å². The third kappa shape index (κ3) is 3.32. The van der Waals surface area contributed by atoms with Gasteiger partial charge in [0.2, 0.25) is 0 Å². The number of H-pyrrole nitrogens is 1. The molecule has 0 aliphatic heterocycles. The summed E-state index contributed by atoms with van der Waals surface area (Å²) >= 11 is 6.04. The minimum absolute atomic E-state index is 0.367. The van der Waals surface area contributed by atoms with Gasteiger partial charge in [0.05, 0.1) is 7.11 Å². The van der Waals surface area contributed by atoms with E-state index in [4.69, 9.17) is 16.3 Å². The molecule has 1 aromatic carbocycles. The zero-order valence-electron chi connectivity index (χ0n) is 11.7. The van der Waals surface area contributed by atoms with Crippen molar-refractivity contribution in [2.75, 3.05) is 12.4 Å². The first-order valence-electron chi connectivity index (χ1n) is 6.53. The van der Waals surface area contributed by atoms with E-state index in [0.29, 0.717) is 23.3 Å². The number of aromatic amines is 1. The van der Waals surface area contributed by atoms with Gasteiger partial charge in [0, 0.05) is 12.1 Å². The van der Waals surface area contributed by atoms with Gasteiger partial charge in [-0.3, -0.25) is 0 Å². The first kappa shape index (κ1) is 14.3. The van der Waals surface area contributed by atoms with E-state index >= 15 is 0 Å². The Hall–Kier alpha value is -2.67. The Labute approximate surface area is 131 Å². The molecule has 0 saturated carbocycles. The van der Waals surface area contributed by atoms with Crippen molar-refractivity contribution in [1.29, 1.82) is 0 Å². The van der Waals surface area contributed by atoms with Crippen LogP contribution in [-0.2, 0) is 6.54 Å². The highest BCUT2D eigenvalue weighted by Crippen LogP contribution is 2.22. The van der Waals surface area contributed by atoms with Gasteiger partial charge >= 0.3 is 0 Å². The molecule has 0 fully saturated rings. The zero-order chi connectivity index (χ0) is 15.4. The van der Waals surface area contributed by atoms with Crippen LogP contribution in [0.1, 0.15) is 5.56 Å². The molecule has 3 rings (SSSR count). The van der Waals surface area contributed by atoms with E-state index in [1.807, 2.05) is 30.3 Å². The normalized spacial score (nSPS) is 10.5. The molecule has 0 aliphatic rings. The Bertz CT molecular complexity index is 745. The average Bonchev–Trinajstić information content (AvgIpc) is 3.07. The summed E-state index contributed by atoms with van der Waals surface area (Å²) in [6, 6.07) is 11.3. The summed E-state index contributed by atoms with van der Waals surface area (Å²) in [7, 11) is 1.64. The summed E-state index contributed by atoms with van der Waals surface area (Å²) < 4.78 is 5.13. The Morgan fingerprint density at radius 1 is 1.23 bits per heavy atom. The first-order valence-corrected chi connectivity index (χ1v) is 6.91. The van der Waals surface area contributed by atoms with Crippen LogP contribution in [0.25, 0.3) is 11.4 Å². The van der Waals surface area contributed by atoms with Crippen LogP contribution in [0.15, 0.2) is 36.4 Å². The summed E-state index contributed by atoms with van der Waals surface area (Å²) in [5.41, 5.74) is 1.87. The number of aromatic nitrogens is 5. The second-order valence-corrected chi connectivity index (χ2v) is 4.90. The Balaban J connectivity index is 1.74. The van der Waals surface area contributed by atoms with Crippen molar-refractivity contribution in [1.82, 2.24) is 25.6 Å². The molecule has 0 radical (unpaired) electrons. The number of halogens is 1. The fourth-order valence-corrected chi connectivity index (χ4v) is 2.15. The lowest BCUT2D eigenvalue weighted by Gasteiger charge is -2.08. The van der Waals surface area contributed by atoms with Gasteiger partial charge in [-0.2, -0.15) is 0 Å². The van der Waals surface area contributed by atoms with Gasteiger partial charge in [0.25, 0.3) is 0 Å². The Morgan fingerprint density at radius 2 is 2.05 bits per heavy atom. The average molecular weight is 317 g/mol. The Morgan fingerprint density at radius 3 is 2.73 bits per heavy atom. The van der Waals surface area contributed by atoms with Crippen molar-refractivity contribution in [2.45, 2.75) is 6.54 Å². The molecule has 2 heterocycles. The fraction of sp³-hybridized carbons (Fsp3) is 0.143. The number of nitrogens with one attached hydrogen (secondary N) is 2. The highest BCUT2D eigenvalue weighted by atomic mass is 35.5. The lowest BCUT2D eigenvalue weighted by Crippen LogP contribution is -2.02. The molecular weight excluding hydrogens is 304 g/mol. The lowest BCUT2D eigenvalue weighted by atomic mass is 10.2. The van der Waals surface area contributed by atoms with E-state index in [1.165, 1.54) is 0 Å². The number of anilines is 1. The van der Waals surface area contributed by atoms with Gasteiger partial charge in [-0.25, -0.2) is 10.1 Å². The molecule has 7 nitrogen and oxygen atoms in total. The van der Waals surface area contributed by atoms with Crippen LogP contribution >= 0.6 is 11.6 Å². The SMILES string of the molecule is COc1ccc(CNc2cc(-c3nnn[nH]3)cc(Cl)n2)cc1. The lowest BCUT2D eigenvalue weighted by molar-refractivity contribution is 0.414. The molecule has 0 unspecified atom stereocenters. The topological polar surface area (TPSA) is 88.6 Å². The number of methoxy groups -OCH3 is 1. The molecule has 22 heavy (non-hydrogen) atoms. The second-order valence-electron chi connectivity index (χ2n) is 4.52. The molecule has 0 amide bonds. The number of tetrazole rings is 1. The molecule has 112 valence electrons. The van der Waals surface area contributed by atoms with Crippen molar-refractivity contribution in [3.8, 4) is 17.1 Å². The summed E-state index contributed by atoms with van der Waals surface area (Å²) in [6.45, 7) is 0.616. The highest BCUT2D eigenvalue weighted by Gasteiger charge is 2.07. The summed E-state index contributed by atoms with van der Waals surface area (Å²) in [6.07, 6.45) is 0. The monoisotopic (exact) mass is 316 g/mol. The first-order chi connectivity index (χ1) is 10.7. The maximum atomic E-state index is 6.04. The number of rotatable bonds is 5. The number of ether oxygens (including phenoxy) is 1. The molecule has 3 aromatic rings. The third-order valence-corrected chi connectivity index (χ3v) is 3.24. The second kappa shape index (κ2) is 6.40. The van der Waals surface area contributed by atoms with E-state index in [2.05, 4.69) is 30.9 Å². The Kier molecular flexibility index (Phi) is 4.15. The molecule has 2 aromatic heterocycles. The van der Waals surface area contributed by atoms with E-state index in [9.17, 15) is 0 Å². The molecule has 2 N–H and O–H groups in total. The molecule has 0 bridgehead atoms. The van der Waals surface area contributed by atoms with Crippen LogP contribution in [0.3, 0.4) is 0 Å². The van der Waals surface area contributed by atoms with E-state index < -0.39 is 0 Å². The maximum Gasteiger partial charge on any atom is 0.179 e. The maximum absolute atomic E-state index is 6.04. The van der Waals surface area contributed by atoms with Crippen molar-refractivity contribution < 1.29 is 4.74 Å². The van der Waals surface area contributed by atoms with Crippen LogP contribution in [0.2, 0.25) is 5.15 Å². The number of hydrogen-bond acceptors (Lipinski definition) is 6. The smallest absolute Gasteiger partial charge is 0.179 e. The van der Waals surface area contributed by atoms with Crippen LogP contribution in [0, 0.1) is 0 Å². The van der Waals surface area contributed by atoms with Crippen molar-refractivity contribution in [2.24, 2.45) is 0 Å². The zero-order valence-corrected chi connectivity index (χ0v) is 12.5. The van der Waals surface area contributed by atoms with E-state index in [1.54, 1.807) is 13.2 Å². The van der Waals surface area contributed by atoms with Gasteiger partial charge in [0.15, 0.2) is 5.82 Å². The van der Waals surface area contributed by atoms with Crippen molar-refractivity contribution >= 4 is 17.4 Å². The quantitative estimate of drug-likeness (QED) is 0.703. The predicted octanol–water partition coefficient (Wildman–Crippen LogP) is 2.54. The minimum atomic E-state index is 0.367. The number of hydrogen-bond donors (Lipinski definition) is 2. The number of benzene rings is 1. The van der Waals surface area contributed by atoms with Gasteiger partial charge < -0.3 is 10.1 Å². The number of pyridine rings is 1. The van der Waals surface area contributed by atoms with E-state index in [0.717, 1.165) is 16.9 Å². The summed E-state index contributed by atoms with van der Waals surface area (Å²) in [4.78, 5) is 4.24. The molecule has 0 aliphatic carbocycles. The summed E-state index contributed by atoms with van der Waals surface area (Å²) in [5, 5.41) is 17.2. The van der Waals surface area contributed by atoms with Crippen molar-refractivity contribution in [3.05, 3.63) is 47.1 Å². The third-order valence-electron chi connectivity index (χ3n) is 3.05. The number of nitrogens with zero attached hydrogens (tertiary/aromatic N) is 4. The van der Waals surface area contributed by atoms with Gasteiger partial charge in [-0.05, 0) is 40.3 Å². The minimum Gasteiger partial charge on any atom is -0.497 e. The predicted molar refractivity (Wildman–Crippen MR) is 82.7 cm³/mol. The van der Waals surface area contributed by atoms with Crippen LogP contribution in [0.5, 0.6) is 5.75 Å². The van der Waals surface area contributed by atoms with Crippen LogP contribution < -0.4 is 10.1 Å². The standard InChI is InChI=1S/C14H13ClN6O/c1-22-11-4-2-9(3-5-11)8-16-13-7-10(6-12(15)17-13)14-18-20-21-19-14/h2-7H,8H2,1H3,(H,16,17)(H,18,19,20,21).